The van der Waals surface area contributed by atoms with Gasteiger partial charge in [-0.05, 0) is 41.8 Å². The Kier molecular flexibility index (Phi) is 4.77. The molecule has 0 radical (unpaired) electrons. The van der Waals surface area contributed by atoms with Crippen molar-refractivity contribution in [1.29, 1.82) is 0 Å². The first-order valence-corrected chi connectivity index (χ1v) is 11.1. The standard InChI is InChI=1S/C20H25N5O3S/c1-12-22-20(23-28-12)24-10-13-8-14(11-24)18(25-16(13)5-2-6-17(25)26)19(27)21-9-15-4-3-7-29-15/h3-4,7,13-14,16,18H,2,5-6,8-11H2,1H3,(H,21,27)/t13-,14+,16-,18+/m0/s1. The number of piperidine rings is 3. The highest BCUT2D eigenvalue weighted by Gasteiger charge is 2.52. The Balaban J connectivity index is 1.41. The second kappa shape index (κ2) is 7.44. The van der Waals surface area contributed by atoms with Crippen LogP contribution >= 0.6 is 11.3 Å². The van der Waals surface area contributed by atoms with Crippen LogP contribution in [0.2, 0.25) is 0 Å². The van der Waals surface area contributed by atoms with Gasteiger partial charge in [-0.1, -0.05) is 6.07 Å². The highest BCUT2D eigenvalue weighted by molar-refractivity contribution is 7.09. The van der Waals surface area contributed by atoms with Crippen molar-refractivity contribution in [2.45, 2.75) is 51.2 Å². The minimum absolute atomic E-state index is 0.0479. The molecule has 0 unspecified atom stereocenters. The predicted molar refractivity (Wildman–Crippen MR) is 107 cm³/mol. The van der Waals surface area contributed by atoms with Crippen LogP contribution in [0.4, 0.5) is 5.95 Å². The molecule has 9 heteroatoms. The monoisotopic (exact) mass is 415 g/mol. The first-order chi connectivity index (χ1) is 14.1. The molecule has 8 nitrogen and oxygen atoms in total. The largest absolute Gasteiger partial charge is 0.349 e. The fraction of sp³-hybridized carbons (Fsp3) is 0.600. The summed E-state index contributed by atoms with van der Waals surface area (Å²) in [6.07, 6.45) is 3.35. The van der Waals surface area contributed by atoms with Gasteiger partial charge in [-0.3, -0.25) is 9.59 Å². The van der Waals surface area contributed by atoms with Gasteiger partial charge in [0.25, 0.3) is 5.95 Å². The smallest absolute Gasteiger partial charge is 0.266 e. The lowest BCUT2D eigenvalue weighted by atomic mass is 9.72. The molecule has 3 aliphatic heterocycles. The molecule has 2 bridgehead atoms. The van der Waals surface area contributed by atoms with Crippen LogP contribution in [0, 0.1) is 18.8 Å². The lowest BCUT2D eigenvalue weighted by Gasteiger charge is -2.55. The van der Waals surface area contributed by atoms with Crippen LogP contribution in [0.5, 0.6) is 0 Å². The molecule has 3 fully saturated rings. The van der Waals surface area contributed by atoms with Crippen molar-refractivity contribution >= 4 is 29.1 Å². The van der Waals surface area contributed by atoms with Crippen LogP contribution in [0.1, 0.15) is 36.5 Å². The Labute approximate surface area is 173 Å². The SMILES string of the molecule is Cc1nc(N2C[C@@H]3C[C@H](C2)[C@H](C(=O)NCc2cccs2)N2C(=O)CCC[C@@H]32)no1. The van der Waals surface area contributed by atoms with Gasteiger partial charge in [-0.2, -0.15) is 4.98 Å². The van der Waals surface area contributed by atoms with Gasteiger partial charge in [0.05, 0.1) is 6.54 Å². The number of thiophene rings is 1. The molecule has 0 aromatic carbocycles. The zero-order valence-corrected chi connectivity index (χ0v) is 17.2. The van der Waals surface area contributed by atoms with Gasteiger partial charge < -0.3 is 19.6 Å². The van der Waals surface area contributed by atoms with E-state index in [1.54, 1.807) is 18.3 Å². The number of amides is 2. The number of fused-ring (bicyclic) bond motifs is 4. The number of carbonyl (C=O) groups excluding carboxylic acids is 2. The van der Waals surface area contributed by atoms with Crippen molar-refractivity contribution in [3.05, 3.63) is 28.3 Å². The second-order valence-corrected chi connectivity index (χ2v) is 9.31. The van der Waals surface area contributed by atoms with Gasteiger partial charge in [-0.15, -0.1) is 11.3 Å². The third-order valence-corrected chi connectivity index (χ3v) is 7.30. The van der Waals surface area contributed by atoms with Gasteiger partial charge in [0.15, 0.2) is 0 Å². The van der Waals surface area contributed by atoms with E-state index in [4.69, 9.17) is 4.52 Å². The Morgan fingerprint density at radius 2 is 2.24 bits per heavy atom. The number of nitrogens with zero attached hydrogens (tertiary/aromatic N) is 4. The molecule has 4 atom stereocenters. The molecule has 3 saturated heterocycles. The molecule has 5 rings (SSSR count). The van der Waals surface area contributed by atoms with Gasteiger partial charge in [0.1, 0.15) is 6.04 Å². The lowest BCUT2D eigenvalue weighted by Crippen LogP contribution is -2.68. The summed E-state index contributed by atoms with van der Waals surface area (Å²) < 4.78 is 5.17. The Hall–Kier alpha value is -2.42. The fourth-order valence-electron chi connectivity index (χ4n) is 5.27. The molecule has 0 saturated carbocycles. The first kappa shape index (κ1) is 18.6. The summed E-state index contributed by atoms with van der Waals surface area (Å²) in [5.74, 6) is 1.60. The molecule has 5 heterocycles. The maximum atomic E-state index is 13.3. The summed E-state index contributed by atoms with van der Waals surface area (Å²) in [6, 6.07) is 3.67. The van der Waals surface area contributed by atoms with Crippen molar-refractivity contribution < 1.29 is 14.1 Å². The predicted octanol–water partition coefficient (Wildman–Crippen LogP) is 1.96. The summed E-state index contributed by atoms with van der Waals surface area (Å²) in [5, 5.41) is 9.17. The van der Waals surface area contributed by atoms with E-state index < -0.39 is 6.04 Å². The molecule has 2 aromatic heterocycles. The van der Waals surface area contributed by atoms with E-state index >= 15 is 0 Å². The molecule has 0 aliphatic carbocycles. The number of rotatable bonds is 4. The highest BCUT2D eigenvalue weighted by Crippen LogP contribution is 2.42. The molecule has 29 heavy (non-hydrogen) atoms. The average Bonchev–Trinajstić information content (AvgIpc) is 3.39. The van der Waals surface area contributed by atoms with E-state index in [1.165, 1.54) is 0 Å². The molecule has 2 amide bonds. The van der Waals surface area contributed by atoms with E-state index in [0.717, 1.165) is 30.7 Å². The summed E-state index contributed by atoms with van der Waals surface area (Å²) in [5.41, 5.74) is 0. The summed E-state index contributed by atoms with van der Waals surface area (Å²) in [6.45, 7) is 3.74. The number of aromatic nitrogens is 2. The second-order valence-electron chi connectivity index (χ2n) is 8.28. The van der Waals surface area contributed by atoms with Gasteiger partial charge in [-0.25, -0.2) is 0 Å². The van der Waals surface area contributed by atoms with E-state index in [2.05, 4.69) is 20.4 Å². The third kappa shape index (κ3) is 3.41. The zero-order chi connectivity index (χ0) is 20.0. The molecule has 2 aromatic rings. The van der Waals surface area contributed by atoms with Crippen molar-refractivity contribution in [3.63, 3.8) is 0 Å². The first-order valence-electron chi connectivity index (χ1n) is 10.3. The van der Waals surface area contributed by atoms with E-state index in [-0.39, 0.29) is 23.8 Å². The molecular weight excluding hydrogens is 390 g/mol. The van der Waals surface area contributed by atoms with E-state index in [0.29, 0.717) is 37.3 Å². The Morgan fingerprint density at radius 3 is 3.00 bits per heavy atom. The maximum Gasteiger partial charge on any atom is 0.266 e. The molecule has 154 valence electrons. The lowest BCUT2D eigenvalue weighted by molar-refractivity contribution is -0.156. The number of aryl methyl sites for hydroxylation is 1. The number of nitrogens with one attached hydrogen (secondary N) is 1. The van der Waals surface area contributed by atoms with Crippen LogP contribution in [0.3, 0.4) is 0 Å². The van der Waals surface area contributed by atoms with Crippen molar-refractivity contribution in [2.75, 3.05) is 18.0 Å². The summed E-state index contributed by atoms with van der Waals surface area (Å²) in [4.78, 5) is 35.7. The Morgan fingerprint density at radius 1 is 1.38 bits per heavy atom. The normalized spacial score (nSPS) is 28.9. The van der Waals surface area contributed by atoms with Crippen LogP contribution in [-0.2, 0) is 16.1 Å². The minimum Gasteiger partial charge on any atom is -0.349 e. The van der Waals surface area contributed by atoms with Gasteiger partial charge >= 0.3 is 0 Å². The molecule has 0 spiro atoms. The quantitative estimate of drug-likeness (QED) is 0.821. The summed E-state index contributed by atoms with van der Waals surface area (Å²) >= 11 is 1.62. The number of hydrogen-bond donors (Lipinski definition) is 1. The van der Waals surface area contributed by atoms with Gasteiger partial charge in [0.2, 0.25) is 17.7 Å². The van der Waals surface area contributed by atoms with Crippen LogP contribution < -0.4 is 10.2 Å². The van der Waals surface area contributed by atoms with E-state index in [9.17, 15) is 9.59 Å². The average molecular weight is 416 g/mol. The van der Waals surface area contributed by atoms with Crippen LogP contribution in [0.25, 0.3) is 0 Å². The van der Waals surface area contributed by atoms with Gasteiger partial charge in [0, 0.05) is 43.3 Å². The van der Waals surface area contributed by atoms with Crippen LogP contribution in [0.15, 0.2) is 22.0 Å². The van der Waals surface area contributed by atoms with Crippen molar-refractivity contribution in [3.8, 4) is 0 Å². The minimum atomic E-state index is -0.431. The molecular formula is C20H25N5O3S. The van der Waals surface area contributed by atoms with E-state index in [1.807, 2.05) is 22.4 Å². The molecule has 1 N–H and O–H groups in total. The fourth-order valence-corrected chi connectivity index (χ4v) is 5.91. The number of carbonyl (C=O) groups is 2. The third-order valence-electron chi connectivity index (χ3n) is 6.43. The number of anilines is 1. The Bertz CT molecular complexity index is 898. The molecule has 3 aliphatic rings. The summed E-state index contributed by atoms with van der Waals surface area (Å²) in [7, 11) is 0. The maximum absolute atomic E-state index is 13.3. The zero-order valence-electron chi connectivity index (χ0n) is 16.4. The van der Waals surface area contributed by atoms with Crippen LogP contribution in [-0.4, -0.2) is 52.0 Å². The highest BCUT2D eigenvalue weighted by atomic mass is 32.1. The number of hydrogen-bond acceptors (Lipinski definition) is 7. The van der Waals surface area contributed by atoms with Crippen molar-refractivity contribution in [1.82, 2.24) is 20.4 Å². The topological polar surface area (TPSA) is 91.6 Å². The van der Waals surface area contributed by atoms with Crippen molar-refractivity contribution in [2.24, 2.45) is 11.8 Å².